The Morgan fingerprint density at radius 2 is 1.82 bits per heavy atom. The monoisotopic (exact) mass is 467 g/mol. The SMILES string of the molecule is O=c1cc(COc2cccc(C(F)(F)F)c2)nc2c(-c3cc(-c4ccccc4)cs3)c[nH]n12. The van der Waals surface area contributed by atoms with Crippen LogP contribution in [-0.2, 0) is 12.8 Å². The van der Waals surface area contributed by atoms with E-state index in [9.17, 15) is 18.0 Å². The first-order chi connectivity index (χ1) is 15.9. The smallest absolute Gasteiger partial charge is 0.416 e. The Morgan fingerprint density at radius 1 is 1.00 bits per heavy atom. The zero-order valence-corrected chi connectivity index (χ0v) is 17.8. The number of H-pyrrole nitrogens is 1. The van der Waals surface area contributed by atoms with Gasteiger partial charge in [-0.2, -0.15) is 13.2 Å². The molecule has 5 aromatic rings. The lowest BCUT2D eigenvalue weighted by Crippen LogP contribution is -2.16. The van der Waals surface area contributed by atoms with E-state index in [4.69, 9.17) is 4.74 Å². The van der Waals surface area contributed by atoms with Crippen LogP contribution in [0.4, 0.5) is 13.2 Å². The number of nitrogens with zero attached hydrogens (tertiary/aromatic N) is 2. The fourth-order valence-electron chi connectivity index (χ4n) is 3.46. The van der Waals surface area contributed by atoms with Gasteiger partial charge < -0.3 is 4.74 Å². The second kappa shape index (κ2) is 8.25. The molecule has 1 N–H and O–H groups in total. The van der Waals surface area contributed by atoms with Crippen LogP contribution in [0.5, 0.6) is 5.75 Å². The van der Waals surface area contributed by atoms with Gasteiger partial charge in [-0.1, -0.05) is 36.4 Å². The zero-order valence-electron chi connectivity index (χ0n) is 17.0. The number of thiophene rings is 1. The maximum atomic E-state index is 12.9. The minimum Gasteiger partial charge on any atom is -0.487 e. The van der Waals surface area contributed by atoms with Crippen molar-refractivity contribution in [1.29, 1.82) is 0 Å². The molecule has 9 heteroatoms. The van der Waals surface area contributed by atoms with Crippen LogP contribution in [0.25, 0.3) is 27.2 Å². The lowest BCUT2D eigenvalue weighted by molar-refractivity contribution is -0.137. The van der Waals surface area contributed by atoms with Crippen molar-refractivity contribution in [2.75, 3.05) is 0 Å². The Bertz CT molecular complexity index is 1490. The van der Waals surface area contributed by atoms with Gasteiger partial charge in [0.25, 0.3) is 5.56 Å². The summed E-state index contributed by atoms with van der Waals surface area (Å²) >= 11 is 1.53. The van der Waals surface area contributed by atoms with Crippen molar-refractivity contribution in [2.45, 2.75) is 12.8 Å². The first kappa shape index (κ1) is 21.0. The molecule has 0 atom stereocenters. The fraction of sp³-hybridized carbons (Fsp3) is 0.0833. The number of benzene rings is 2. The topological polar surface area (TPSA) is 59.4 Å². The van der Waals surface area contributed by atoms with Crippen LogP contribution in [0.15, 0.2) is 83.1 Å². The van der Waals surface area contributed by atoms with E-state index in [0.717, 1.165) is 33.7 Å². The number of rotatable bonds is 5. The van der Waals surface area contributed by atoms with Crippen molar-refractivity contribution in [1.82, 2.24) is 14.6 Å². The number of nitrogens with one attached hydrogen (secondary N) is 1. The van der Waals surface area contributed by atoms with Crippen molar-refractivity contribution in [3.05, 3.63) is 99.9 Å². The van der Waals surface area contributed by atoms with Crippen molar-refractivity contribution in [3.63, 3.8) is 0 Å². The maximum Gasteiger partial charge on any atom is 0.416 e. The molecule has 0 aliphatic carbocycles. The summed E-state index contributed by atoms with van der Waals surface area (Å²) in [5, 5.41) is 4.95. The molecule has 0 saturated heterocycles. The van der Waals surface area contributed by atoms with Crippen LogP contribution in [0, 0.1) is 0 Å². The molecule has 2 aromatic carbocycles. The van der Waals surface area contributed by atoms with Crippen molar-refractivity contribution in [3.8, 4) is 27.3 Å². The van der Waals surface area contributed by atoms with Gasteiger partial charge in [-0.25, -0.2) is 9.50 Å². The van der Waals surface area contributed by atoms with E-state index in [1.807, 2.05) is 41.8 Å². The highest BCUT2D eigenvalue weighted by atomic mass is 32.1. The Hall–Kier alpha value is -3.85. The van der Waals surface area contributed by atoms with E-state index in [1.54, 1.807) is 6.20 Å². The Morgan fingerprint density at radius 3 is 2.61 bits per heavy atom. The zero-order chi connectivity index (χ0) is 23.0. The molecule has 0 radical (unpaired) electrons. The number of hydrogen-bond donors (Lipinski definition) is 1. The summed E-state index contributed by atoms with van der Waals surface area (Å²) in [6, 6.07) is 17.9. The van der Waals surface area contributed by atoms with Crippen LogP contribution in [0.1, 0.15) is 11.3 Å². The molecule has 5 rings (SSSR count). The lowest BCUT2D eigenvalue weighted by Gasteiger charge is -2.10. The number of aromatic amines is 1. The number of fused-ring (bicyclic) bond motifs is 1. The van der Waals surface area contributed by atoms with Crippen LogP contribution in [0.2, 0.25) is 0 Å². The maximum absolute atomic E-state index is 12.9. The van der Waals surface area contributed by atoms with E-state index in [2.05, 4.69) is 10.1 Å². The minimum absolute atomic E-state index is 0.0480. The highest BCUT2D eigenvalue weighted by molar-refractivity contribution is 7.14. The lowest BCUT2D eigenvalue weighted by atomic mass is 10.1. The third-order valence-corrected chi connectivity index (χ3v) is 6.03. The first-order valence-corrected chi connectivity index (χ1v) is 10.8. The van der Waals surface area contributed by atoms with Gasteiger partial charge in [0.05, 0.1) is 16.8 Å². The van der Waals surface area contributed by atoms with Gasteiger partial charge in [-0.05, 0) is 40.8 Å². The molecule has 166 valence electrons. The summed E-state index contributed by atoms with van der Waals surface area (Å²) in [6.45, 7) is -0.141. The molecule has 3 heterocycles. The van der Waals surface area contributed by atoms with Crippen molar-refractivity contribution in [2.24, 2.45) is 0 Å². The molecule has 0 fully saturated rings. The number of ether oxygens (including phenoxy) is 1. The Balaban J connectivity index is 1.44. The van der Waals surface area contributed by atoms with E-state index in [-0.39, 0.29) is 17.9 Å². The van der Waals surface area contributed by atoms with Gasteiger partial charge in [-0.15, -0.1) is 11.3 Å². The Kier molecular flexibility index (Phi) is 5.26. The molecule has 0 bridgehead atoms. The van der Waals surface area contributed by atoms with Crippen molar-refractivity contribution < 1.29 is 17.9 Å². The molecule has 0 saturated carbocycles. The van der Waals surface area contributed by atoms with Crippen LogP contribution in [-0.4, -0.2) is 14.6 Å². The second-order valence-electron chi connectivity index (χ2n) is 7.31. The number of aromatic nitrogens is 3. The third kappa shape index (κ3) is 4.27. The molecule has 5 nitrogen and oxygen atoms in total. The number of alkyl halides is 3. The summed E-state index contributed by atoms with van der Waals surface area (Å²) in [5.74, 6) is 0.0480. The predicted molar refractivity (Wildman–Crippen MR) is 120 cm³/mol. The van der Waals surface area contributed by atoms with Gasteiger partial charge in [-0.3, -0.25) is 9.89 Å². The molecule has 0 unspecified atom stereocenters. The van der Waals surface area contributed by atoms with Crippen LogP contribution >= 0.6 is 11.3 Å². The minimum atomic E-state index is -4.46. The van der Waals surface area contributed by atoms with Crippen LogP contribution < -0.4 is 10.3 Å². The summed E-state index contributed by atoms with van der Waals surface area (Å²) in [7, 11) is 0. The average Bonchev–Trinajstić information content (AvgIpc) is 3.45. The molecular formula is C24H16F3N3O2S. The fourth-order valence-corrected chi connectivity index (χ4v) is 4.39. The number of halogens is 3. The quantitative estimate of drug-likeness (QED) is 0.344. The summed E-state index contributed by atoms with van der Waals surface area (Å²) in [6.07, 6.45) is -2.75. The summed E-state index contributed by atoms with van der Waals surface area (Å²) in [5.41, 5.74) is 2.49. The van der Waals surface area contributed by atoms with E-state index < -0.39 is 11.7 Å². The molecule has 0 aliphatic rings. The van der Waals surface area contributed by atoms with Gasteiger partial charge in [0.1, 0.15) is 12.4 Å². The second-order valence-corrected chi connectivity index (χ2v) is 8.22. The highest BCUT2D eigenvalue weighted by Crippen LogP contribution is 2.34. The predicted octanol–water partition coefficient (Wildman–Crippen LogP) is 6.02. The molecule has 33 heavy (non-hydrogen) atoms. The molecule has 3 aromatic heterocycles. The standard InChI is InChI=1S/C24H16F3N3O2S/c25-24(26,27)17-7-4-8-19(10-17)32-13-18-11-22(31)30-23(29-18)20(12-28-30)21-9-16(14-33-21)15-5-2-1-3-6-15/h1-12,14,28H,13H2. The molecule has 0 amide bonds. The van der Waals surface area contributed by atoms with Crippen molar-refractivity contribution >= 4 is 17.0 Å². The summed E-state index contributed by atoms with van der Waals surface area (Å²) < 4.78 is 45.6. The third-order valence-electron chi connectivity index (χ3n) is 5.07. The van der Waals surface area contributed by atoms with Gasteiger partial charge in [0.15, 0.2) is 5.65 Å². The highest BCUT2D eigenvalue weighted by Gasteiger charge is 2.30. The normalized spacial score (nSPS) is 11.7. The van der Waals surface area contributed by atoms with Gasteiger partial charge >= 0.3 is 6.18 Å². The largest absolute Gasteiger partial charge is 0.487 e. The average molecular weight is 467 g/mol. The van der Waals surface area contributed by atoms with Gasteiger partial charge in [0, 0.05) is 17.1 Å². The molecule has 0 aliphatic heterocycles. The van der Waals surface area contributed by atoms with Gasteiger partial charge in [0.2, 0.25) is 0 Å². The van der Waals surface area contributed by atoms with E-state index in [0.29, 0.717) is 11.3 Å². The Labute approximate surface area is 189 Å². The van der Waals surface area contributed by atoms with E-state index in [1.165, 1.54) is 34.1 Å². The molecule has 0 spiro atoms. The van der Waals surface area contributed by atoms with Crippen LogP contribution in [0.3, 0.4) is 0 Å². The number of hydrogen-bond acceptors (Lipinski definition) is 4. The van der Waals surface area contributed by atoms with E-state index >= 15 is 0 Å². The molecular weight excluding hydrogens is 451 g/mol. The first-order valence-electron chi connectivity index (χ1n) is 9.93. The summed E-state index contributed by atoms with van der Waals surface area (Å²) in [4.78, 5) is 18.0.